The van der Waals surface area contributed by atoms with Crippen LogP contribution in [0, 0.1) is 11.8 Å². The van der Waals surface area contributed by atoms with E-state index in [1.54, 1.807) is 14.2 Å². The van der Waals surface area contributed by atoms with Crippen LogP contribution >= 0.6 is 0 Å². The molecular weight excluding hydrogens is 288 g/mol. The number of nitrogens with zero attached hydrogens (tertiary/aromatic N) is 1. The van der Waals surface area contributed by atoms with Crippen LogP contribution in [0.4, 0.5) is 0 Å². The van der Waals surface area contributed by atoms with Gasteiger partial charge < -0.3 is 19.7 Å². The number of methoxy groups -OCH3 is 2. The second-order valence-electron chi connectivity index (χ2n) is 6.85. The summed E-state index contributed by atoms with van der Waals surface area (Å²) in [5.41, 5.74) is 1.25. The Balaban J connectivity index is 1.67. The van der Waals surface area contributed by atoms with Gasteiger partial charge in [0.05, 0.1) is 14.2 Å². The maximum atomic E-state index is 5.45. The molecule has 0 heterocycles. The van der Waals surface area contributed by atoms with E-state index in [2.05, 4.69) is 48.6 Å². The van der Waals surface area contributed by atoms with Crippen molar-refractivity contribution in [2.75, 3.05) is 34.9 Å². The standard InChI is InChI=1S/C19H28N2O2/c1-21(2)17(12-20-16-10-13-6-5-7-15(13)16)14-8-9-18(22-3)19(11-14)23-4/h5,7-9,11,13,15-17,20H,6,10,12H2,1-4H3/t13-,15+,16-,17-/m1/s1. The largest absolute Gasteiger partial charge is 0.493 e. The third-order valence-corrected chi connectivity index (χ3v) is 5.35. The van der Waals surface area contributed by atoms with Crippen LogP contribution in [-0.4, -0.2) is 45.8 Å². The number of hydrogen-bond donors (Lipinski definition) is 1. The molecule has 0 bridgehead atoms. The van der Waals surface area contributed by atoms with Gasteiger partial charge in [-0.2, -0.15) is 0 Å². The van der Waals surface area contributed by atoms with E-state index >= 15 is 0 Å². The predicted molar refractivity (Wildman–Crippen MR) is 93.1 cm³/mol. The van der Waals surface area contributed by atoms with Gasteiger partial charge in [0.15, 0.2) is 11.5 Å². The van der Waals surface area contributed by atoms with Crippen LogP contribution in [0.25, 0.3) is 0 Å². The van der Waals surface area contributed by atoms with Crippen molar-refractivity contribution in [3.63, 3.8) is 0 Å². The van der Waals surface area contributed by atoms with Gasteiger partial charge in [-0.15, -0.1) is 0 Å². The normalized spacial score (nSPS) is 26.7. The molecule has 23 heavy (non-hydrogen) atoms. The molecule has 1 saturated carbocycles. The van der Waals surface area contributed by atoms with E-state index in [-0.39, 0.29) is 0 Å². The Morgan fingerprint density at radius 2 is 2.00 bits per heavy atom. The first-order valence-corrected chi connectivity index (χ1v) is 8.42. The van der Waals surface area contributed by atoms with Crippen LogP contribution in [0.3, 0.4) is 0 Å². The number of fused-ring (bicyclic) bond motifs is 1. The average Bonchev–Trinajstić information content (AvgIpc) is 2.91. The molecule has 1 N–H and O–H groups in total. The molecule has 0 radical (unpaired) electrons. The lowest BCUT2D eigenvalue weighted by molar-refractivity contribution is 0.150. The molecule has 0 spiro atoms. The van der Waals surface area contributed by atoms with Gasteiger partial charge in [-0.1, -0.05) is 18.2 Å². The van der Waals surface area contributed by atoms with Crippen molar-refractivity contribution in [2.24, 2.45) is 11.8 Å². The zero-order valence-corrected chi connectivity index (χ0v) is 14.6. The molecule has 4 heteroatoms. The molecule has 1 aromatic rings. The summed E-state index contributed by atoms with van der Waals surface area (Å²) in [6, 6.07) is 7.17. The summed E-state index contributed by atoms with van der Waals surface area (Å²) in [6.07, 6.45) is 7.32. The van der Waals surface area contributed by atoms with E-state index in [1.165, 1.54) is 18.4 Å². The van der Waals surface area contributed by atoms with Gasteiger partial charge >= 0.3 is 0 Å². The van der Waals surface area contributed by atoms with Crippen LogP contribution in [0.5, 0.6) is 11.5 Å². The molecule has 0 aromatic heterocycles. The fourth-order valence-corrected chi connectivity index (χ4v) is 3.87. The van der Waals surface area contributed by atoms with Crippen molar-refractivity contribution in [3.8, 4) is 11.5 Å². The molecule has 1 aromatic carbocycles. The Labute approximate surface area is 139 Å². The highest BCUT2D eigenvalue weighted by Gasteiger charge is 2.40. The zero-order valence-electron chi connectivity index (χ0n) is 14.6. The van der Waals surface area contributed by atoms with Gasteiger partial charge in [0.25, 0.3) is 0 Å². The molecule has 126 valence electrons. The highest BCUT2D eigenvalue weighted by atomic mass is 16.5. The molecule has 3 rings (SSSR count). The summed E-state index contributed by atoms with van der Waals surface area (Å²) < 4.78 is 10.8. The second-order valence-corrected chi connectivity index (χ2v) is 6.85. The topological polar surface area (TPSA) is 33.7 Å². The first-order chi connectivity index (χ1) is 11.1. The van der Waals surface area contributed by atoms with E-state index < -0.39 is 0 Å². The highest BCUT2D eigenvalue weighted by molar-refractivity contribution is 5.43. The van der Waals surface area contributed by atoms with E-state index in [4.69, 9.17) is 9.47 Å². The Bertz CT molecular complexity index is 570. The zero-order chi connectivity index (χ0) is 16.4. The fraction of sp³-hybridized carbons (Fsp3) is 0.579. The van der Waals surface area contributed by atoms with Crippen LogP contribution in [-0.2, 0) is 0 Å². The molecule has 0 aliphatic heterocycles. The predicted octanol–water partition coefficient (Wildman–Crippen LogP) is 2.86. The van der Waals surface area contributed by atoms with Crippen LogP contribution in [0.15, 0.2) is 30.4 Å². The van der Waals surface area contributed by atoms with Gasteiger partial charge in [-0.3, -0.25) is 0 Å². The second kappa shape index (κ2) is 6.93. The highest BCUT2D eigenvalue weighted by Crippen LogP contribution is 2.42. The summed E-state index contributed by atoms with van der Waals surface area (Å²) >= 11 is 0. The Kier molecular flexibility index (Phi) is 4.93. The maximum absolute atomic E-state index is 5.45. The first kappa shape index (κ1) is 16.3. The van der Waals surface area contributed by atoms with Crippen molar-refractivity contribution in [2.45, 2.75) is 24.9 Å². The Morgan fingerprint density at radius 1 is 1.22 bits per heavy atom. The maximum Gasteiger partial charge on any atom is 0.161 e. The van der Waals surface area contributed by atoms with Crippen LogP contribution in [0.1, 0.15) is 24.4 Å². The molecule has 0 unspecified atom stereocenters. The minimum Gasteiger partial charge on any atom is -0.493 e. The van der Waals surface area contributed by atoms with Crippen molar-refractivity contribution >= 4 is 0 Å². The number of benzene rings is 1. The van der Waals surface area contributed by atoms with Gasteiger partial charge in [-0.05, 0) is 56.5 Å². The van der Waals surface area contributed by atoms with Gasteiger partial charge in [0.1, 0.15) is 0 Å². The Morgan fingerprint density at radius 3 is 2.65 bits per heavy atom. The third kappa shape index (κ3) is 3.24. The number of hydrogen-bond acceptors (Lipinski definition) is 4. The number of allylic oxidation sites excluding steroid dienone is 1. The minimum absolute atomic E-state index is 0.319. The first-order valence-electron chi connectivity index (χ1n) is 8.42. The molecule has 1 fully saturated rings. The monoisotopic (exact) mass is 316 g/mol. The lowest BCUT2D eigenvalue weighted by atomic mass is 9.71. The van der Waals surface area contributed by atoms with Crippen LogP contribution in [0.2, 0.25) is 0 Å². The average molecular weight is 316 g/mol. The van der Waals surface area contributed by atoms with Crippen molar-refractivity contribution < 1.29 is 9.47 Å². The minimum atomic E-state index is 0.319. The molecule has 0 saturated heterocycles. The number of likely N-dealkylation sites (N-methyl/N-ethyl adjacent to an activating group) is 1. The molecule has 0 amide bonds. The summed E-state index contributed by atoms with van der Waals surface area (Å²) in [5.74, 6) is 3.22. The van der Waals surface area contributed by atoms with E-state index in [0.717, 1.165) is 29.9 Å². The molecule has 4 nitrogen and oxygen atoms in total. The van der Waals surface area contributed by atoms with Gasteiger partial charge in [0, 0.05) is 18.6 Å². The van der Waals surface area contributed by atoms with Gasteiger partial charge in [-0.25, -0.2) is 0 Å². The van der Waals surface area contributed by atoms with Crippen molar-refractivity contribution in [1.82, 2.24) is 10.2 Å². The van der Waals surface area contributed by atoms with Gasteiger partial charge in [0.2, 0.25) is 0 Å². The quantitative estimate of drug-likeness (QED) is 0.784. The van der Waals surface area contributed by atoms with E-state index in [9.17, 15) is 0 Å². The van der Waals surface area contributed by atoms with E-state index in [0.29, 0.717) is 12.1 Å². The lowest BCUT2D eigenvalue weighted by Crippen LogP contribution is -2.50. The molecule has 2 aliphatic carbocycles. The smallest absolute Gasteiger partial charge is 0.161 e. The molecule has 4 atom stereocenters. The number of rotatable bonds is 7. The summed E-state index contributed by atoms with van der Waals surface area (Å²) in [4.78, 5) is 2.26. The third-order valence-electron chi connectivity index (χ3n) is 5.35. The van der Waals surface area contributed by atoms with E-state index in [1.807, 2.05) is 6.07 Å². The molecule has 2 aliphatic rings. The van der Waals surface area contributed by atoms with Crippen molar-refractivity contribution in [3.05, 3.63) is 35.9 Å². The SMILES string of the molecule is COc1ccc([C@@H](CN[C@@H]2C[C@H]3CC=C[C@@H]32)N(C)C)cc1OC. The van der Waals surface area contributed by atoms with Crippen molar-refractivity contribution in [1.29, 1.82) is 0 Å². The number of ether oxygens (including phenoxy) is 2. The summed E-state index contributed by atoms with van der Waals surface area (Å²) in [6.45, 7) is 0.949. The lowest BCUT2D eigenvalue weighted by Gasteiger charge is -2.42. The summed E-state index contributed by atoms with van der Waals surface area (Å²) in [7, 11) is 7.61. The fourth-order valence-electron chi connectivity index (χ4n) is 3.87. The Hall–Kier alpha value is -1.52. The summed E-state index contributed by atoms with van der Waals surface area (Å²) in [5, 5.41) is 3.77. The number of nitrogens with one attached hydrogen (secondary N) is 1. The van der Waals surface area contributed by atoms with Crippen LogP contribution < -0.4 is 14.8 Å². The molecular formula is C19H28N2O2.